The molecule has 5 aromatic carbocycles. The fraction of sp³-hybridized carbons (Fsp3) is 0. The van der Waals surface area contributed by atoms with Crippen molar-refractivity contribution >= 4 is 108 Å². The first-order valence-corrected chi connectivity index (χ1v) is 20.2. The van der Waals surface area contributed by atoms with Gasteiger partial charge in [-0.25, -0.2) is 9.97 Å². The Bertz CT molecular complexity index is 3430. The largest absolute Gasteiger partial charge is 0.294 e. The van der Waals surface area contributed by atoms with Crippen molar-refractivity contribution in [1.29, 1.82) is 0 Å². The zero-order valence-electron chi connectivity index (χ0n) is 28.0. The highest BCUT2D eigenvalue weighted by Crippen LogP contribution is 2.42. The number of rotatable bonds is 4. The molecule has 0 unspecified atom stereocenters. The van der Waals surface area contributed by atoms with Crippen LogP contribution in [0.5, 0.6) is 0 Å². The van der Waals surface area contributed by atoms with Crippen molar-refractivity contribution in [2.45, 2.75) is 0 Å². The van der Waals surface area contributed by atoms with Crippen LogP contribution in [-0.4, -0.2) is 19.1 Å². The van der Waals surface area contributed by atoms with Gasteiger partial charge in [-0.15, -0.1) is 34.0 Å². The van der Waals surface area contributed by atoms with Crippen LogP contribution >= 0.6 is 34.0 Å². The third kappa shape index (κ3) is 4.27. The summed E-state index contributed by atoms with van der Waals surface area (Å²) in [5.74, 6) is 0. The highest BCUT2D eigenvalue weighted by Gasteiger charge is 2.20. The van der Waals surface area contributed by atoms with Gasteiger partial charge in [0.15, 0.2) is 0 Å². The van der Waals surface area contributed by atoms with Crippen LogP contribution in [-0.2, 0) is 0 Å². The van der Waals surface area contributed by atoms with E-state index in [4.69, 9.17) is 9.97 Å². The maximum Gasteiger partial charge on any atom is 0.145 e. The van der Waals surface area contributed by atoms with Gasteiger partial charge in [-0.1, -0.05) is 72.8 Å². The van der Waals surface area contributed by atoms with Crippen LogP contribution in [0.3, 0.4) is 0 Å². The van der Waals surface area contributed by atoms with E-state index in [0.29, 0.717) is 0 Å². The van der Waals surface area contributed by atoms with Gasteiger partial charge in [0.1, 0.15) is 11.3 Å². The first-order valence-electron chi connectivity index (χ1n) is 17.5. The number of pyridine rings is 2. The van der Waals surface area contributed by atoms with Crippen molar-refractivity contribution in [2.24, 2.45) is 0 Å². The number of benzene rings is 5. The molecule has 12 aromatic rings. The fourth-order valence-corrected chi connectivity index (χ4v) is 11.1. The third-order valence-electron chi connectivity index (χ3n) is 10.6. The van der Waals surface area contributed by atoms with Crippen molar-refractivity contribution in [1.82, 2.24) is 19.1 Å². The maximum absolute atomic E-state index is 5.20. The molecule has 0 atom stereocenters. The molecule has 248 valence electrons. The molecule has 0 saturated heterocycles. The van der Waals surface area contributed by atoms with Crippen LogP contribution in [0.2, 0.25) is 0 Å². The van der Waals surface area contributed by atoms with Gasteiger partial charge in [0.2, 0.25) is 0 Å². The molecule has 0 aliphatic heterocycles. The molecule has 0 bridgehead atoms. The summed E-state index contributed by atoms with van der Waals surface area (Å²) >= 11 is 5.35. The van der Waals surface area contributed by atoms with Gasteiger partial charge < -0.3 is 0 Å². The van der Waals surface area contributed by atoms with Crippen LogP contribution in [0.1, 0.15) is 0 Å². The first kappa shape index (κ1) is 29.5. The zero-order chi connectivity index (χ0) is 34.6. The summed E-state index contributed by atoms with van der Waals surface area (Å²) < 4.78 is 8.49. The Labute approximate surface area is 315 Å². The molecule has 0 aliphatic rings. The number of nitrogens with zero attached hydrogens (tertiary/aromatic N) is 4. The average Bonchev–Trinajstić information content (AvgIpc) is 4.04. The SMILES string of the molecule is c1ccc2c(-c3cnc4c(c3)c3ccccc3n4-c3ccc4scc(-n5c6ccccc6c6cc(-c7csc8ccccc78)cnc65)c4c3)csc2c1. The highest BCUT2D eigenvalue weighted by atomic mass is 32.1. The summed E-state index contributed by atoms with van der Waals surface area (Å²) in [6.07, 6.45) is 4.08. The van der Waals surface area contributed by atoms with Crippen LogP contribution in [0.15, 0.2) is 156 Å². The van der Waals surface area contributed by atoms with E-state index in [9.17, 15) is 0 Å². The predicted octanol–water partition coefficient (Wildman–Crippen LogP) is 13.6. The number of aromatic nitrogens is 4. The molecular weight excluding hydrogens is 705 g/mol. The molecule has 4 nitrogen and oxygen atoms in total. The van der Waals surface area contributed by atoms with Crippen molar-refractivity contribution in [2.75, 3.05) is 0 Å². The van der Waals surface area contributed by atoms with E-state index in [0.717, 1.165) is 55.6 Å². The molecule has 0 N–H and O–H groups in total. The number of hydrogen-bond acceptors (Lipinski definition) is 5. The quantitative estimate of drug-likeness (QED) is 0.181. The summed E-state index contributed by atoms with van der Waals surface area (Å²) in [4.78, 5) is 10.4. The molecule has 0 spiro atoms. The van der Waals surface area contributed by atoms with Gasteiger partial charge in [0.05, 0.1) is 16.7 Å². The predicted molar refractivity (Wildman–Crippen MR) is 228 cm³/mol. The van der Waals surface area contributed by atoms with E-state index < -0.39 is 0 Å². The minimum Gasteiger partial charge on any atom is -0.294 e. The molecule has 7 heteroatoms. The fourth-order valence-electron chi connectivity index (χ4n) is 8.21. The molecule has 0 radical (unpaired) electrons. The van der Waals surface area contributed by atoms with Crippen molar-refractivity contribution in [3.63, 3.8) is 0 Å². The lowest BCUT2D eigenvalue weighted by Gasteiger charge is -2.10. The van der Waals surface area contributed by atoms with Gasteiger partial charge >= 0.3 is 0 Å². The summed E-state index contributed by atoms with van der Waals surface area (Å²) in [6, 6.07) is 46.1. The Morgan fingerprint density at radius 2 is 0.887 bits per heavy atom. The van der Waals surface area contributed by atoms with Crippen LogP contribution in [0.25, 0.3) is 108 Å². The molecule has 53 heavy (non-hydrogen) atoms. The van der Waals surface area contributed by atoms with Crippen molar-refractivity contribution < 1.29 is 0 Å². The van der Waals surface area contributed by atoms with Crippen LogP contribution < -0.4 is 0 Å². The van der Waals surface area contributed by atoms with E-state index in [1.165, 1.54) is 52.2 Å². The Morgan fingerprint density at radius 1 is 0.396 bits per heavy atom. The van der Waals surface area contributed by atoms with Gasteiger partial charge in [-0.05, 0) is 65.4 Å². The van der Waals surface area contributed by atoms with E-state index >= 15 is 0 Å². The maximum atomic E-state index is 5.20. The Morgan fingerprint density at radius 3 is 1.51 bits per heavy atom. The summed E-state index contributed by atoms with van der Waals surface area (Å²) in [7, 11) is 0. The van der Waals surface area contributed by atoms with E-state index in [2.05, 4.69) is 153 Å². The lowest BCUT2D eigenvalue weighted by Crippen LogP contribution is -1.97. The van der Waals surface area contributed by atoms with Crippen molar-refractivity contribution in [3.05, 3.63) is 156 Å². The topological polar surface area (TPSA) is 35.6 Å². The van der Waals surface area contributed by atoms with Crippen molar-refractivity contribution in [3.8, 4) is 33.6 Å². The lowest BCUT2D eigenvalue weighted by atomic mass is 10.0. The molecule has 0 fully saturated rings. The minimum atomic E-state index is 0.956. The number of thiophene rings is 3. The molecule has 0 saturated carbocycles. The molecule has 12 rings (SSSR count). The molecule has 7 heterocycles. The third-order valence-corrected chi connectivity index (χ3v) is 13.5. The van der Waals surface area contributed by atoms with Gasteiger partial charge in [-0.3, -0.25) is 9.13 Å². The van der Waals surface area contributed by atoms with Crippen LogP contribution in [0.4, 0.5) is 0 Å². The molecule has 0 aliphatic carbocycles. The number of fused-ring (bicyclic) bond motifs is 9. The standard InChI is InChI=1S/C46H26N4S3/c1-5-13-39-30(9-1)34-19-27(37-24-51-42-15-7-3-11-32(37)42)22-47-45(34)49(39)29-17-18-44-36(21-29)41(26-53-44)50-40-14-6-2-10-31(40)35-20-28(23-48-46(35)50)38-25-52-43-16-8-4-12-33(38)43/h1-26H. The van der Waals surface area contributed by atoms with E-state index in [1.54, 1.807) is 34.0 Å². The summed E-state index contributed by atoms with van der Waals surface area (Å²) in [5.41, 5.74) is 11.2. The van der Waals surface area contributed by atoms with Gasteiger partial charge in [0.25, 0.3) is 0 Å². The van der Waals surface area contributed by atoms with E-state index in [-0.39, 0.29) is 0 Å². The molecule has 7 aromatic heterocycles. The van der Waals surface area contributed by atoms with E-state index in [1.807, 2.05) is 12.4 Å². The second-order valence-electron chi connectivity index (χ2n) is 13.5. The number of para-hydroxylation sites is 2. The Hall–Kier alpha value is -6.12. The monoisotopic (exact) mass is 730 g/mol. The second kappa shape index (κ2) is 11.2. The smallest absolute Gasteiger partial charge is 0.145 e. The molecule has 0 amide bonds. The van der Waals surface area contributed by atoms with Gasteiger partial charge in [-0.2, -0.15) is 0 Å². The first-order chi connectivity index (χ1) is 26.3. The average molecular weight is 731 g/mol. The zero-order valence-corrected chi connectivity index (χ0v) is 30.5. The van der Waals surface area contributed by atoms with Gasteiger partial charge in [0, 0.05) is 97.5 Å². The Kier molecular flexibility index (Phi) is 6.22. The second-order valence-corrected chi connectivity index (χ2v) is 16.2. The molecular formula is C46H26N4S3. The highest BCUT2D eigenvalue weighted by molar-refractivity contribution is 7.18. The summed E-state index contributed by atoms with van der Waals surface area (Å²) in [6.45, 7) is 0. The normalized spacial score (nSPS) is 12.2. The minimum absolute atomic E-state index is 0.956. The Balaban J connectivity index is 1.05. The van der Waals surface area contributed by atoms with Crippen LogP contribution in [0, 0.1) is 0 Å². The lowest BCUT2D eigenvalue weighted by molar-refractivity contribution is 1.13. The number of hydrogen-bond donors (Lipinski definition) is 0. The summed E-state index contributed by atoms with van der Waals surface area (Å²) in [5, 5.41) is 15.2.